The number of allylic oxidation sites excluding steroid dienone is 1. The summed E-state index contributed by atoms with van der Waals surface area (Å²) in [6.07, 6.45) is 0. The van der Waals surface area contributed by atoms with E-state index in [0.717, 1.165) is 5.56 Å². The van der Waals surface area contributed by atoms with E-state index in [2.05, 4.69) is 20.8 Å². The molecule has 10 heteroatoms. The van der Waals surface area contributed by atoms with Gasteiger partial charge in [-0.15, -0.1) is 0 Å². The molecule has 0 spiro atoms. The van der Waals surface area contributed by atoms with E-state index >= 15 is 0 Å². The minimum absolute atomic E-state index is 0.0533. The highest BCUT2D eigenvalue weighted by Crippen LogP contribution is 2.36. The standard InChI is InChI=1S/C22H19N5O5/c1-12-4-6-14(7-5-12)19(28)16-17(21(30)32-3)23-22-24-25-26-27(22)18(16)13-8-10-15(11-9-13)20(29)31-2/h4-11,18H,1-3H3,(H,23,24,26)/t18-/m1/s1. The van der Waals surface area contributed by atoms with E-state index in [4.69, 9.17) is 9.47 Å². The topological polar surface area (TPSA) is 125 Å². The van der Waals surface area contributed by atoms with E-state index in [9.17, 15) is 14.4 Å². The van der Waals surface area contributed by atoms with Crippen molar-refractivity contribution in [2.45, 2.75) is 13.0 Å². The number of tetrazole rings is 1. The van der Waals surface area contributed by atoms with Crippen molar-refractivity contribution in [2.24, 2.45) is 0 Å². The molecule has 4 rings (SSSR count). The lowest BCUT2D eigenvalue weighted by molar-refractivity contribution is -0.136. The highest BCUT2D eigenvalue weighted by atomic mass is 16.5. The Morgan fingerprint density at radius 3 is 2.16 bits per heavy atom. The van der Waals surface area contributed by atoms with Gasteiger partial charge in [0, 0.05) is 5.56 Å². The number of carbonyl (C=O) groups excluding carboxylic acids is 3. The third-order valence-electron chi connectivity index (χ3n) is 5.11. The van der Waals surface area contributed by atoms with E-state index in [0.29, 0.717) is 16.7 Å². The monoisotopic (exact) mass is 433 g/mol. The van der Waals surface area contributed by atoms with Crippen LogP contribution >= 0.6 is 0 Å². The van der Waals surface area contributed by atoms with Gasteiger partial charge < -0.3 is 14.8 Å². The number of nitrogens with zero attached hydrogens (tertiary/aromatic N) is 4. The largest absolute Gasteiger partial charge is 0.465 e. The van der Waals surface area contributed by atoms with Gasteiger partial charge in [-0.3, -0.25) is 4.79 Å². The SMILES string of the molecule is COC(=O)C1=C(C(=O)c2ccc(C)cc2)[C@@H](c2ccc(C(=O)OC)cc2)n2nnnc2N1. The number of fused-ring (bicyclic) bond motifs is 1. The van der Waals surface area contributed by atoms with E-state index in [1.165, 1.54) is 18.9 Å². The molecule has 0 unspecified atom stereocenters. The Balaban J connectivity index is 1.90. The molecule has 3 aromatic rings. The molecule has 1 atom stereocenters. The first-order valence-electron chi connectivity index (χ1n) is 9.61. The number of aromatic nitrogens is 4. The predicted octanol–water partition coefficient (Wildman–Crippen LogP) is 2.09. The van der Waals surface area contributed by atoms with Crippen LogP contribution in [0.2, 0.25) is 0 Å². The molecule has 0 radical (unpaired) electrons. The Bertz CT molecular complexity index is 1230. The zero-order chi connectivity index (χ0) is 22.8. The third-order valence-corrected chi connectivity index (χ3v) is 5.11. The summed E-state index contributed by atoms with van der Waals surface area (Å²) in [4.78, 5) is 38.1. The number of hydrogen-bond donors (Lipinski definition) is 1. The highest BCUT2D eigenvalue weighted by Gasteiger charge is 2.38. The molecule has 1 N–H and O–H groups in total. The van der Waals surface area contributed by atoms with Gasteiger partial charge in [-0.05, 0) is 35.0 Å². The molecule has 162 valence electrons. The second-order valence-corrected chi connectivity index (χ2v) is 7.06. The van der Waals surface area contributed by atoms with Gasteiger partial charge in [0.05, 0.1) is 25.4 Å². The van der Waals surface area contributed by atoms with Crippen molar-refractivity contribution in [2.75, 3.05) is 19.5 Å². The number of anilines is 1. The van der Waals surface area contributed by atoms with E-state index < -0.39 is 18.0 Å². The maximum atomic E-state index is 13.6. The van der Waals surface area contributed by atoms with Crippen LogP contribution in [0, 0.1) is 6.92 Å². The van der Waals surface area contributed by atoms with Gasteiger partial charge in [-0.25, -0.2) is 9.59 Å². The molecular formula is C22H19N5O5. The second-order valence-electron chi connectivity index (χ2n) is 7.06. The number of esters is 2. The third kappa shape index (κ3) is 3.62. The summed E-state index contributed by atoms with van der Waals surface area (Å²) in [6, 6.07) is 12.6. The molecule has 0 aliphatic carbocycles. The Morgan fingerprint density at radius 1 is 0.906 bits per heavy atom. The van der Waals surface area contributed by atoms with Crippen LogP contribution < -0.4 is 5.32 Å². The molecule has 2 heterocycles. The Labute approximate surface area is 182 Å². The lowest BCUT2D eigenvalue weighted by atomic mass is 9.89. The molecule has 0 bridgehead atoms. The fraction of sp³-hybridized carbons (Fsp3) is 0.182. The zero-order valence-electron chi connectivity index (χ0n) is 17.5. The van der Waals surface area contributed by atoms with Gasteiger partial charge in [-0.2, -0.15) is 4.68 Å². The van der Waals surface area contributed by atoms with Crippen molar-refractivity contribution < 1.29 is 23.9 Å². The summed E-state index contributed by atoms with van der Waals surface area (Å²) in [5, 5.41) is 14.4. The quantitative estimate of drug-likeness (QED) is 0.475. The van der Waals surface area contributed by atoms with Crippen molar-refractivity contribution in [3.05, 3.63) is 82.1 Å². The predicted molar refractivity (Wildman–Crippen MR) is 112 cm³/mol. The normalized spacial score (nSPS) is 14.9. The van der Waals surface area contributed by atoms with E-state index in [-0.39, 0.29) is 23.0 Å². The van der Waals surface area contributed by atoms with Crippen LogP contribution in [0.4, 0.5) is 5.95 Å². The average Bonchev–Trinajstić information content (AvgIpc) is 3.30. The van der Waals surface area contributed by atoms with Gasteiger partial charge in [0.1, 0.15) is 11.7 Å². The van der Waals surface area contributed by atoms with E-state index in [1.807, 2.05) is 19.1 Å². The molecule has 10 nitrogen and oxygen atoms in total. The molecule has 2 aromatic carbocycles. The number of rotatable bonds is 5. The Hall–Kier alpha value is -4.34. The van der Waals surface area contributed by atoms with Gasteiger partial charge in [0.25, 0.3) is 0 Å². The number of Topliss-reactive ketones (excluding diaryl/α,β-unsaturated/α-hetero) is 1. The molecule has 1 aromatic heterocycles. The molecule has 1 aliphatic heterocycles. The summed E-state index contributed by atoms with van der Waals surface area (Å²) in [7, 11) is 2.52. The lowest BCUT2D eigenvalue weighted by Gasteiger charge is -2.28. The van der Waals surface area contributed by atoms with Crippen molar-refractivity contribution in [1.29, 1.82) is 0 Å². The van der Waals surface area contributed by atoms with Crippen molar-refractivity contribution in [1.82, 2.24) is 20.2 Å². The number of ketones is 1. The maximum Gasteiger partial charge on any atom is 0.355 e. The highest BCUT2D eigenvalue weighted by molar-refractivity contribution is 6.15. The first-order chi connectivity index (χ1) is 15.4. The van der Waals surface area contributed by atoms with E-state index in [1.54, 1.807) is 36.4 Å². The molecule has 0 saturated carbocycles. The smallest absolute Gasteiger partial charge is 0.355 e. The van der Waals surface area contributed by atoms with Crippen LogP contribution in [0.25, 0.3) is 0 Å². The number of hydrogen-bond acceptors (Lipinski definition) is 9. The number of carbonyl (C=O) groups is 3. The average molecular weight is 433 g/mol. The fourth-order valence-corrected chi connectivity index (χ4v) is 3.48. The van der Waals surface area contributed by atoms with Crippen LogP contribution in [0.3, 0.4) is 0 Å². The molecule has 1 aliphatic rings. The lowest BCUT2D eigenvalue weighted by Crippen LogP contribution is -2.33. The van der Waals surface area contributed by atoms with Gasteiger partial charge in [-0.1, -0.05) is 47.1 Å². The van der Waals surface area contributed by atoms with Gasteiger partial charge in [0.2, 0.25) is 5.95 Å². The van der Waals surface area contributed by atoms with Crippen LogP contribution in [-0.4, -0.2) is 52.1 Å². The Morgan fingerprint density at radius 2 is 1.53 bits per heavy atom. The number of benzene rings is 2. The number of ether oxygens (including phenoxy) is 2. The number of nitrogens with one attached hydrogen (secondary N) is 1. The first-order valence-corrected chi connectivity index (χ1v) is 9.61. The van der Waals surface area contributed by atoms with Crippen molar-refractivity contribution in [3.63, 3.8) is 0 Å². The summed E-state index contributed by atoms with van der Waals surface area (Å²) < 4.78 is 11.1. The van der Waals surface area contributed by atoms with Gasteiger partial charge >= 0.3 is 11.9 Å². The number of aryl methyl sites for hydroxylation is 1. The second kappa shape index (κ2) is 8.42. The van der Waals surface area contributed by atoms with Crippen molar-refractivity contribution in [3.8, 4) is 0 Å². The van der Waals surface area contributed by atoms with Crippen LogP contribution in [0.1, 0.15) is 37.9 Å². The summed E-state index contributed by atoms with van der Waals surface area (Å²) in [6.45, 7) is 1.91. The van der Waals surface area contributed by atoms with Crippen LogP contribution in [0.15, 0.2) is 59.8 Å². The van der Waals surface area contributed by atoms with Gasteiger partial charge in [0.15, 0.2) is 5.78 Å². The summed E-state index contributed by atoms with van der Waals surface area (Å²) in [5.74, 6) is -1.44. The molecule has 0 amide bonds. The Kier molecular flexibility index (Phi) is 5.50. The van der Waals surface area contributed by atoms with Crippen LogP contribution in [-0.2, 0) is 14.3 Å². The maximum absolute atomic E-state index is 13.6. The zero-order valence-corrected chi connectivity index (χ0v) is 17.5. The fourth-order valence-electron chi connectivity index (χ4n) is 3.48. The summed E-state index contributed by atoms with van der Waals surface area (Å²) >= 11 is 0. The minimum atomic E-state index is -0.837. The minimum Gasteiger partial charge on any atom is -0.465 e. The summed E-state index contributed by atoms with van der Waals surface area (Å²) in [5.41, 5.74) is 2.37. The van der Waals surface area contributed by atoms with Crippen LogP contribution in [0.5, 0.6) is 0 Å². The number of methoxy groups -OCH3 is 2. The molecule has 32 heavy (non-hydrogen) atoms. The molecular weight excluding hydrogens is 414 g/mol. The molecule has 0 saturated heterocycles. The first kappa shape index (κ1) is 20.9. The molecule has 0 fully saturated rings. The van der Waals surface area contributed by atoms with Crippen molar-refractivity contribution >= 4 is 23.7 Å².